The Morgan fingerprint density at radius 2 is 1.46 bits per heavy atom. The van der Waals surface area contributed by atoms with Crippen LogP contribution in [0.3, 0.4) is 0 Å². The number of anilines is 2. The van der Waals surface area contributed by atoms with E-state index in [0.717, 1.165) is 32.7 Å². The van der Waals surface area contributed by atoms with Gasteiger partial charge in [-0.25, -0.2) is 4.79 Å². The molecule has 1 aliphatic heterocycles. The van der Waals surface area contributed by atoms with Gasteiger partial charge in [0.1, 0.15) is 0 Å². The van der Waals surface area contributed by atoms with Gasteiger partial charge in [-0.3, -0.25) is 4.79 Å². The molecular formula is C41H41N3O5S. The number of ether oxygens (including phenoxy) is 2. The molecule has 1 saturated heterocycles. The van der Waals surface area contributed by atoms with Crippen molar-refractivity contribution in [1.29, 1.82) is 0 Å². The number of nitrogen functional groups attached to an aromatic ring is 1. The molecule has 5 aromatic rings. The highest BCUT2D eigenvalue weighted by atomic mass is 32.2. The summed E-state index contributed by atoms with van der Waals surface area (Å²) in [4.78, 5) is 26.5. The Labute approximate surface area is 297 Å². The normalized spacial score (nSPS) is 19.3. The number of rotatable bonds is 12. The second-order valence-corrected chi connectivity index (χ2v) is 13.4. The molecule has 1 heterocycles. The lowest BCUT2D eigenvalue weighted by atomic mass is 9.84. The average molecular weight is 688 g/mol. The summed E-state index contributed by atoms with van der Waals surface area (Å²) in [7, 11) is 0. The van der Waals surface area contributed by atoms with E-state index in [9.17, 15) is 14.7 Å². The molecule has 9 heteroatoms. The van der Waals surface area contributed by atoms with Crippen molar-refractivity contribution >= 4 is 35.0 Å². The molecule has 0 aromatic heterocycles. The number of urea groups is 1. The third kappa shape index (κ3) is 8.80. The van der Waals surface area contributed by atoms with Crippen molar-refractivity contribution in [1.82, 2.24) is 5.32 Å². The van der Waals surface area contributed by atoms with E-state index >= 15 is 0 Å². The van der Waals surface area contributed by atoms with E-state index in [4.69, 9.17) is 15.2 Å². The second-order valence-electron chi connectivity index (χ2n) is 12.3. The molecule has 5 N–H and O–H groups in total. The van der Waals surface area contributed by atoms with Crippen molar-refractivity contribution in [2.75, 3.05) is 16.8 Å². The van der Waals surface area contributed by atoms with E-state index in [1.54, 1.807) is 17.8 Å². The predicted molar refractivity (Wildman–Crippen MR) is 198 cm³/mol. The molecule has 0 saturated carbocycles. The lowest BCUT2D eigenvalue weighted by molar-refractivity contribution is -0.255. The topological polar surface area (TPSA) is 123 Å². The number of carbonyl (C=O) groups is 2. The van der Waals surface area contributed by atoms with Gasteiger partial charge in [0.05, 0.1) is 24.9 Å². The molecule has 5 atom stereocenters. The minimum absolute atomic E-state index is 0.0514. The quantitative estimate of drug-likeness (QED) is 0.0780. The number of benzene rings is 5. The maximum Gasteiger partial charge on any atom is 0.319 e. The number of aliphatic hydroxyl groups is 1. The SMILES string of the molecule is CC(=O)[C@@H](Cc1ccccc1)NC(=O)Nc1cccc(C2O[C@H](CSc3ccccc3N)[C@@H](c3ccccc3)[C@H](c3ccc(CO)cc3)O2)c1. The molecule has 6 rings (SSSR count). The van der Waals surface area contributed by atoms with Crippen LogP contribution in [0.5, 0.6) is 0 Å². The first-order valence-corrected chi connectivity index (χ1v) is 17.6. The zero-order chi connectivity index (χ0) is 34.9. The van der Waals surface area contributed by atoms with E-state index in [2.05, 4.69) is 22.8 Å². The van der Waals surface area contributed by atoms with Crippen molar-refractivity contribution in [3.63, 3.8) is 0 Å². The molecule has 1 aliphatic rings. The molecule has 0 spiro atoms. The van der Waals surface area contributed by atoms with Gasteiger partial charge in [-0.2, -0.15) is 0 Å². The third-order valence-electron chi connectivity index (χ3n) is 8.79. The third-order valence-corrected chi connectivity index (χ3v) is 9.97. The number of carbonyl (C=O) groups excluding carboxylic acids is 2. The monoisotopic (exact) mass is 687 g/mol. The van der Waals surface area contributed by atoms with Crippen molar-refractivity contribution in [2.45, 2.75) is 55.3 Å². The average Bonchev–Trinajstić information content (AvgIpc) is 3.14. The van der Waals surface area contributed by atoms with E-state index in [0.29, 0.717) is 23.5 Å². The summed E-state index contributed by atoms with van der Waals surface area (Å²) < 4.78 is 13.7. The van der Waals surface area contributed by atoms with Crippen LogP contribution in [0.4, 0.5) is 16.2 Å². The van der Waals surface area contributed by atoms with Gasteiger partial charge < -0.3 is 30.9 Å². The highest BCUT2D eigenvalue weighted by Gasteiger charge is 2.42. The van der Waals surface area contributed by atoms with E-state index in [1.165, 1.54) is 6.92 Å². The molecule has 1 unspecified atom stereocenters. The van der Waals surface area contributed by atoms with E-state index < -0.39 is 24.5 Å². The lowest BCUT2D eigenvalue weighted by Crippen LogP contribution is -2.43. The van der Waals surface area contributed by atoms with Gasteiger partial charge in [-0.1, -0.05) is 109 Å². The smallest absolute Gasteiger partial charge is 0.319 e. The van der Waals surface area contributed by atoms with Crippen molar-refractivity contribution < 1.29 is 24.2 Å². The molecule has 5 aromatic carbocycles. The molecule has 0 radical (unpaired) electrons. The zero-order valence-electron chi connectivity index (χ0n) is 27.8. The highest BCUT2D eigenvalue weighted by Crippen LogP contribution is 2.48. The Morgan fingerprint density at radius 3 is 2.16 bits per heavy atom. The van der Waals surface area contributed by atoms with Gasteiger partial charge in [0.25, 0.3) is 0 Å². The van der Waals surface area contributed by atoms with Gasteiger partial charge in [0, 0.05) is 33.5 Å². The Kier molecular flexibility index (Phi) is 11.6. The first-order chi connectivity index (χ1) is 24.4. The van der Waals surface area contributed by atoms with Gasteiger partial charge in [0.15, 0.2) is 12.1 Å². The number of amides is 2. The second kappa shape index (κ2) is 16.7. The number of hydrogen-bond acceptors (Lipinski definition) is 7. The highest BCUT2D eigenvalue weighted by molar-refractivity contribution is 7.99. The minimum atomic E-state index is -0.760. The number of hydrogen-bond donors (Lipinski definition) is 4. The Hall–Kier alpha value is -4.93. The fraction of sp³-hybridized carbons (Fsp3) is 0.220. The van der Waals surface area contributed by atoms with Gasteiger partial charge in [-0.05, 0) is 59.9 Å². The molecule has 8 nitrogen and oxygen atoms in total. The summed E-state index contributed by atoms with van der Waals surface area (Å²) in [5, 5.41) is 15.4. The number of nitrogens with two attached hydrogens (primary N) is 1. The first-order valence-electron chi connectivity index (χ1n) is 16.6. The molecular weight excluding hydrogens is 647 g/mol. The van der Waals surface area contributed by atoms with Crippen LogP contribution < -0.4 is 16.4 Å². The number of thioether (sulfide) groups is 1. The largest absolute Gasteiger partial charge is 0.398 e. The minimum Gasteiger partial charge on any atom is -0.398 e. The van der Waals surface area contributed by atoms with E-state index in [1.807, 2.05) is 115 Å². The van der Waals surface area contributed by atoms with Crippen molar-refractivity contribution in [2.24, 2.45) is 0 Å². The van der Waals surface area contributed by atoms with Crippen LogP contribution in [0.25, 0.3) is 0 Å². The maximum atomic E-state index is 13.1. The fourth-order valence-electron chi connectivity index (χ4n) is 6.17. The van der Waals surface area contributed by atoms with Crippen LogP contribution in [0.1, 0.15) is 53.1 Å². The molecule has 0 bridgehead atoms. The molecule has 0 aliphatic carbocycles. The molecule has 50 heavy (non-hydrogen) atoms. The van der Waals surface area contributed by atoms with Crippen molar-refractivity contribution in [3.8, 4) is 0 Å². The standard InChI is InChI=1S/C41H41N3O5S/c1-27(46)35(23-28-11-4-2-5-12-28)44-41(47)43-33-16-10-15-32(24-33)40-48-36(26-50-37-18-9-8-17-34(37)42)38(30-13-6-3-7-14-30)39(49-40)31-21-19-29(25-45)20-22-31/h2-22,24,35-36,38-40,45H,23,25-26,42H2,1H3,(H2,43,44,47)/t35-,36-,38-,39+,40?/m1/s1. The molecule has 2 amide bonds. The summed E-state index contributed by atoms with van der Waals surface area (Å²) in [6.07, 6.45) is -1.05. The number of Topliss-reactive ketones (excluding diaryl/α,β-unsaturated/α-hetero) is 1. The summed E-state index contributed by atoms with van der Waals surface area (Å²) >= 11 is 1.64. The number of nitrogens with one attached hydrogen (secondary N) is 2. The van der Waals surface area contributed by atoms with Gasteiger partial charge in [-0.15, -0.1) is 11.8 Å². The van der Waals surface area contributed by atoms with Gasteiger partial charge in [0.2, 0.25) is 0 Å². The first kappa shape index (κ1) is 34.9. The summed E-state index contributed by atoms with van der Waals surface area (Å²) in [5.74, 6) is 0.312. The summed E-state index contributed by atoms with van der Waals surface area (Å²) in [5.41, 5.74) is 12.1. The predicted octanol–water partition coefficient (Wildman–Crippen LogP) is 7.81. The van der Waals surface area contributed by atoms with Crippen LogP contribution in [0.15, 0.2) is 138 Å². The molecule has 1 fully saturated rings. The molecule has 256 valence electrons. The zero-order valence-corrected chi connectivity index (χ0v) is 28.6. The van der Waals surface area contributed by atoms with Crippen molar-refractivity contribution in [3.05, 3.63) is 161 Å². The number of aliphatic hydroxyl groups excluding tert-OH is 1. The lowest BCUT2D eigenvalue weighted by Gasteiger charge is -2.43. The van der Waals surface area contributed by atoms with Crippen LogP contribution in [-0.4, -0.2) is 34.8 Å². The number of ketones is 1. The van der Waals surface area contributed by atoms with Crippen LogP contribution in [0.2, 0.25) is 0 Å². The Balaban J connectivity index is 1.27. The fourth-order valence-corrected chi connectivity index (χ4v) is 7.21. The number of para-hydroxylation sites is 1. The summed E-state index contributed by atoms with van der Waals surface area (Å²) in [6, 6.07) is 41.6. The van der Waals surface area contributed by atoms with Crippen LogP contribution in [-0.2, 0) is 27.3 Å². The maximum absolute atomic E-state index is 13.1. The Morgan fingerprint density at radius 1 is 0.780 bits per heavy atom. The summed E-state index contributed by atoms with van der Waals surface area (Å²) in [6.45, 7) is 1.42. The van der Waals surface area contributed by atoms with Gasteiger partial charge >= 0.3 is 6.03 Å². The Bertz CT molecular complexity index is 1870. The van der Waals surface area contributed by atoms with Crippen LogP contribution >= 0.6 is 11.8 Å². The van der Waals surface area contributed by atoms with Crippen LogP contribution in [0, 0.1) is 0 Å². The van der Waals surface area contributed by atoms with E-state index in [-0.39, 0.29) is 24.4 Å².